The Balaban J connectivity index is 1.63. The number of nitrogens with one attached hydrogen (secondary N) is 1. The number of methoxy groups -OCH3 is 1. The van der Waals surface area contributed by atoms with E-state index in [1.807, 2.05) is 24.3 Å². The highest BCUT2D eigenvalue weighted by Crippen LogP contribution is 2.19. The van der Waals surface area contributed by atoms with Crippen LogP contribution in [0.3, 0.4) is 0 Å². The van der Waals surface area contributed by atoms with E-state index in [-0.39, 0.29) is 5.56 Å². The summed E-state index contributed by atoms with van der Waals surface area (Å²) in [5.41, 5.74) is 1.86. The Hall–Kier alpha value is -2.40. The van der Waals surface area contributed by atoms with Crippen LogP contribution in [0.5, 0.6) is 5.75 Å². The second kappa shape index (κ2) is 7.45. The molecule has 126 valence electrons. The summed E-state index contributed by atoms with van der Waals surface area (Å²) in [5.74, 6) is -0.685. The molecule has 1 aliphatic heterocycles. The van der Waals surface area contributed by atoms with Crippen LogP contribution in [0.4, 0.5) is 10.1 Å². The average molecular weight is 328 g/mol. The number of nitrogens with zero attached hydrogens (tertiary/aromatic N) is 1. The van der Waals surface area contributed by atoms with Crippen molar-refractivity contribution in [2.24, 2.45) is 0 Å². The van der Waals surface area contributed by atoms with Crippen molar-refractivity contribution in [2.45, 2.75) is 19.4 Å². The molecule has 1 amide bonds. The lowest BCUT2D eigenvalue weighted by atomic mass is 10.1. The summed E-state index contributed by atoms with van der Waals surface area (Å²) in [4.78, 5) is 14.6. The van der Waals surface area contributed by atoms with E-state index < -0.39 is 11.7 Å². The number of anilines is 1. The third-order valence-corrected chi connectivity index (χ3v) is 4.24. The zero-order valence-electron chi connectivity index (χ0n) is 13.7. The van der Waals surface area contributed by atoms with Crippen molar-refractivity contribution in [2.75, 3.05) is 25.5 Å². The van der Waals surface area contributed by atoms with Crippen LogP contribution in [0.1, 0.15) is 28.8 Å². The third kappa shape index (κ3) is 3.92. The number of amides is 1. The van der Waals surface area contributed by atoms with Gasteiger partial charge in [-0.15, -0.1) is 0 Å². The molecule has 0 aromatic heterocycles. The van der Waals surface area contributed by atoms with E-state index in [1.165, 1.54) is 37.6 Å². The van der Waals surface area contributed by atoms with Gasteiger partial charge in [-0.2, -0.15) is 0 Å². The largest absolute Gasteiger partial charge is 0.497 e. The fraction of sp³-hybridized carbons (Fsp3) is 0.316. The van der Waals surface area contributed by atoms with Gasteiger partial charge in [0, 0.05) is 18.3 Å². The molecule has 1 saturated heterocycles. The average Bonchev–Trinajstić information content (AvgIpc) is 3.09. The number of hydrogen-bond donors (Lipinski definition) is 1. The second-order valence-corrected chi connectivity index (χ2v) is 5.98. The molecule has 0 spiro atoms. The summed E-state index contributed by atoms with van der Waals surface area (Å²) in [6.45, 7) is 3.23. The first-order chi connectivity index (χ1) is 11.7. The lowest BCUT2D eigenvalue weighted by molar-refractivity contribution is 0.102. The monoisotopic (exact) mass is 328 g/mol. The van der Waals surface area contributed by atoms with Gasteiger partial charge in [0.1, 0.15) is 11.6 Å². The minimum atomic E-state index is -0.600. The Morgan fingerprint density at radius 1 is 1.17 bits per heavy atom. The zero-order chi connectivity index (χ0) is 16.9. The van der Waals surface area contributed by atoms with Crippen LogP contribution in [-0.2, 0) is 6.54 Å². The molecule has 0 aliphatic carbocycles. The van der Waals surface area contributed by atoms with E-state index in [1.54, 1.807) is 6.07 Å². The van der Waals surface area contributed by atoms with E-state index >= 15 is 0 Å². The number of carbonyl (C=O) groups excluding carboxylic acids is 1. The molecule has 0 bridgehead atoms. The van der Waals surface area contributed by atoms with Crippen molar-refractivity contribution in [1.29, 1.82) is 0 Å². The van der Waals surface area contributed by atoms with Gasteiger partial charge in [-0.25, -0.2) is 4.39 Å². The van der Waals surface area contributed by atoms with Crippen molar-refractivity contribution in [3.8, 4) is 5.75 Å². The Labute approximate surface area is 141 Å². The summed E-state index contributed by atoms with van der Waals surface area (Å²) in [6, 6.07) is 11.9. The predicted octanol–water partition coefficient (Wildman–Crippen LogP) is 3.68. The van der Waals surface area contributed by atoms with Gasteiger partial charge >= 0.3 is 0 Å². The van der Waals surface area contributed by atoms with Crippen LogP contribution in [-0.4, -0.2) is 31.0 Å². The number of benzene rings is 2. The first kappa shape index (κ1) is 16.5. The summed E-state index contributed by atoms with van der Waals surface area (Å²) >= 11 is 0. The highest BCUT2D eigenvalue weighted by atomic mass is 19.1. The number of hydrogen-bond acceptors (Lipinski definition) is 3. The Morgan fingerprint density at radius 2 is 1.88 bits per heavy atom. The zero-order valence-corrected chi connectivity index (χ0v) is 13.7. The quantitative estimate of drug-likeness (QED) is 0.910. The molecule has 0 atom stereocenters. The lowest BCUT2D eigenvalue weighted by Crippen LogP contribution is -2.18. The molecule has 1 N–H and O–H groups in total. The van der Waals surface area contributed by atoms with Crippen molar-refractivity contribution in [1.82, 2.24) is 4.90 Å². The maximum atomic E-state index is 13.9. The maximum absolute atomic E-state index is 13.9. The minimum absolute atomic E-state index is 0.00283. The molecule has 4 nitrogen and oxygen atoms in total. The van der Waals surface area contributed by atoms with E-state index in [2.05, 4.69) is 10.2 Å². The molecule has 5 heteroatoms. The molecular weight excluding hydrogens is 307 g/mol. The molecule has 1 fully saturated rings. The van der Waals surface area contributed by atoms with Crippen LogP contribution in [0, 0.1) is 5.82 Å². The van der Waals surface area contributed by atoms with Crippen molar-refractivity contribution < 1.29 is 13.9 Å². The van der Waals surface area contributed by atoms with E-state index in [0.717, 1.165) is 19.6 Å². The molecule has 2 aromatic carbocycles. The number of ether oxygens (including phenoxy) is 1. The number of rotatable bonds is 5. The van der Waals surface area contributed by atoms with E-state index in [4.69, 9.17) is 4.74 Å². The standard InChI is InChI=1S/C19H21FN2O2/c1-24-16-8-9-17(18(20)12-16)19(23)21-15-6-4-14(5-7-15)13-22-10-2-3-11-22/h4-9,12H,2-3,10-11,13H2,1H3,(H,21,23). The molecular formula is C19H21FN2O2. The number of likely N-dealkylation sites (tertiary alicyclic amines) is 1. The third-order valence-electron chi connectivity index (χ3n) is 4.24. The van der Waals surface area contributed by atoms with Gasteiger partial charge in [-0.1, -0.05) is 12.1 Å². The first-order valence-corrected chi connectivity index (χ1v) is 8.12. The minimum Gasteiger partial charge on any atom is -0.497 e. The first-order valence-electron chi connectivity index (χ1n) is 8.12. The van der Waals surface area contributed by atoms with Crippen molar-refractivity contribution in [3.05, 3.63) is 59.4 Å². The second-order valence-electron chi connectivity index (χ2n) is 5.98. The number of carbonyl (C=O) groups is 1. The molecule has 24 heavy (non-hydrogen) atoms. The van der Waals surface area contributed by atoms with E-state index in [9.17, 15) is 9.18 Å². The smallest absolute Gasteiger partial charge is 0.258 e. The van der Waals surface area contributed by atoms with Crippen LogP contribution in [0.2, 0.25) is 0 Å². The van der Waals surface area contributed by atoms with Crippen LogP contribution in [0.15, 0.2) is 42.5 Å². The van der Waals surface area contributed by atoms with Gasteiger partial charge in [-0.3, -0.25) is 9.69 Å². The van der Waals surface area contributed by atoms with Gasteiger partial charge < -0.3 is 10.1 Å². The van der Waals surface area contributed by atoms with Crippen molar-refractivity contribution in [3.63, 3.8) is 0 Å². The summed E-state index contributed by atoms with van der Waals surface area (Å²) in [6.07, 6.45) is 2.53. The Morgan fingerprint density at radius 3 is 2.50 bits per heavy atom. The van der Waals surface area contributed by atoms with Crippen LogP contribution in [0.25, 0.3) is 0 Å². The SMILES string of the molecule is COc1ccc(C(=O)Nc2ccc(CN3CCCC3)cc2)c(F)c1. The molecule has 1 heterocycles. The Kier molecular flexibility index (Phi) is 5.11. The molecule has 0 unspecified atom stereocenters. The van der Waals surface area contributed by atoms with Crippen LogP contribution >= 0.6 is 0 Å². The van der Waals surface area contributed by atoms with Crippen molar-refractivity contribution >= 4 is 11.6 Å². The highest BCUT2D eigenvalue weighted by Gasteiger charge is 2.14. The number of halogens is 1. The van der Waals surface area contributed by atoms with Gasteiger partial charge in [0.15, 0.2) is 0 Å². The predicted molar refractivity (Wildman–Crippen MR) is 91.9 cm³/mol. The maximum Gasteiger partial charge on any atom is 0.258 e. The molecule has 2 aromatic rings. The fourth-order valence-electron chi connectivity index (χ4n) is 2.90. The molecule has 0 saturated carbocycles. The summed E-state index contributed by atoms with van der Waals surface area (Å²) in [5, 5.41) is 2.72. The lowest BCUT2D eigenvalue weighted by Gasteiger charge is -2.15. The molecule has 0 radical (unpaired) electrons. The summed E-state index contributed by atoms with van der Waals surface area (Å²) < 4.78 is 18.9. The normalized spacial score (nSPS) is 14.6. The molecule has 3 rings (SSSR count). The fourth-order valence-corrected chi connectivity index (χ4v) is 2.90. The van der Waals surface area contributed by atoms with E-state index in [0.29, 0.717) is 11.4 Å². The Bertz CT molecular complexity index is 710. The highest BCUT2D eigenvalue weighted by molar-refractivity contribution is 6.04. The van der Waals surface area contributed by atoms with Gasteiger partial charge in [0.2, 0.25) is 0 Å². The van der Waals surface area contributed by atoms with Gasteiger partial charge in [0.25, 0.3) is 5.91 Å². The topological polar surface area (TPSA) is 41.6 Å². The van der Waals surface area contributed by atoms with Crippen LogP contribution < -0.4 is 10.1 Å². The molecule has 1 aliphatic rings. The van der Waals surface area contributed by atoms with Gasteiger partial charge in [0.05, 0.1) is 12.7 Å². The summed E-state index contributed by atoms with van der Waals surface area (Å²) in [7, 11) is 1.46. The van der Waals surface area contributed by atoms with Gasteiger partial charge in [-0.05, 0) is 55.8 Å².